The van der Waals surface area contributed by atoms with Gasteiger partial charge in [-0.1, -0.05) is 12.1 Å². The number of nitrogen functional groups attached to an aromatic ring is 1. The zero-order valence-corrected chi connectivity index (χ0v) is 11.8. The molecule has 0 bridgehead atoms. The summed E-state index contributed by atoms with van der Waals surface area (Å²) in [5, 5.41) is -0.0146. The van der Waals surface area contributed by atoms with E-state index in [1.807, 2.05) is 0 Å². The Kier molecular flexibility index (Phi) is 4.26. The van der Waals surface area contributed by atoms with Gasteiger partial charge in [0.05, 0.1) is 12.0 Å². The minimum atomic E-state index is -3.60. The van der Waals surface area contributed by atoms with Crippen LogP contribution in [0.5, 0.6) is 5.75 Å². The molecule has 0 fully saturated rings. The highest BCUT2D eigenvalue weighted by atomic mass is 32.2. The van der Waals surface area contributed by atoms with Crippen LogP contribution in [0.4, 0.5) is 5.69 Å². The molecule has 0 atom stereocenters. The summed E-state index contributed by atoms with van der Waals surface area (Å²) in [6.45, 7) is 0.313. The minimum absolute atomic E-state index is 0.0146. The average Bonchev–Trinajstić information content (AvgIpc) is 2.84. The third-order valence-electron chi connectivity index (χ3n) is 2.53. The van der Waals surface area contributed by atoms with E-state index in [-0.39, 0.29) is 18.2 Å². The van der Waals surface area contributed by atoms with E-state index in [9.17, 15) is 8.42 Å². The van der Waals surface area contributed by atoms with Gasteiger partial charge in [0.25, 0.3) is 10.0 Å². The maximum atomic E-state index is 11.9. The number of imidazole rings is 1. The maximum absolute atomic E-state index is 11.9. The van der Waals surface area contributed by atoms with E-state index in [2.05, 4.69) is 9.71 Å². The Labute approximate surface area is 117 Å². The fourth-order valence-electron chi connectivity index (χ4n) is 1.55. The molecule has 0 aliphatic carbocycles. The molecule has 0 aliphatic rings. The Bertz CT molecular complexity index is 682. The summed E-state index contributed by atoms with van der Waals surface area (Å²) in [5.74, 6) is 0.532. The molecule has 0 amide bonds. The van der Waals surface area contributed by atoms with Crippen molar-refractivity contribution in [2.24, 2.45) is 7.05 Å². The first-order valence-corrected chi connectivity index (χ1v) is 7.42. The molecule has 7 nitrogen and oxygen atoms in total. The molecular formula is C12H16N4O3S. The van der Waals surface area contributed by atoms with E-state index < -0.39 is 10.0 Å². The van der Waals surface area contributed by atoms with Gasteiger partial charge in [-0.25, -0.2) is 18.1 Å². The number of aryl methyl sites for hydroxylation is 1. The number of nitrogens with two attached hydrogens (primary N) is 1. The number of sulfonamides is 1. The van der Waals surface area contributed by atoms with Gasteiger partial charge in [0.1, 0.15) is 12.4 Å². The summed E-state index contributed by atoms with van der Waals surface area (Å²) in [6, 6.07) is 7.03. The smallest absolute Gasteiger partial charge is 0.259 e. The average molecular weight is 296 g/mol. The second-order valence-corrected chi connectivity index (χ2v) is 5.88. The Hall–Kier alpha value is -2.06. The zero-order valence-electron chi connectivity index (χ0n) is 11.0. The van der Waals surface area contributed by atoms with E-state index in [0.717, 1.165) is 0 Å². The van der Waals surface area contributed by atoms with E-state index >= 15 is 0 Å². The second kappa shape index (κ2) is 5.93. The zero-order chi connectivity index (χ0) is 14.6. The maximum Gasteiger partial charge on any atom is 0.259 e. The first-order valence-electron chi connectivity index (χ1n) is 5.94. The van der Waals surface area contributed by atoms with Crippen LogP contribution >= 0.6 is 0 Å². The number of hydrogen-bond acceptors (Lipinski definition) is 5. The molecule has 0 spiro atoms. The van der Waals surface area contributed by atoms with Crippen molar-refractivity contribution < 1.29 is 13.2 Å². The van der Waals surface area contributed by atoms with Gasteiger partial charge < -0.3 is 15.0 Å². The molecule has 1 heterocycles. The lowest BCUT2D eigenvalue weighted by Gasteiger charge is -2.09. The number of ether oxygens (including phenoxy) is 1. The van der Waals surface area contributed by atoms with Gasteiger partial charge in [0, 0.05) is 19.8 Å². The number of para-hydroxylation sites is 2. The summed E-state index contributed by atoms with van der Waals surface area (Å²) in [7, 11) is -1.90. The molecule has 1 aromatic carbocycles. The van der Waals surface area contributed by atoms with Crippen molar-refractivity contribution in [3.05, 3.63) is 36.8 Å². The lowest BCUT2D eigenvalue weighted by molar-refractivity contribution is 0.324. The van der Waals surface area contributed by atoms with Gasteiger partial charge >= 0.3 is 0 Å². The van der Waals surface area contributed by atoms with Crippen molar-refractivity contribution >= 4 is 15.7 Å². The van der Waals surface area contributed by atoms with E-state index in [1.165, 1.54) is 12.5 Å². The van der Waals surface area contributed by atoms with E-state index in [0.29, 0.717) is 11.4 Å². The van der Waals surface area contributed by atoms with Crippen LogP contribution in [0, 0.1) is 0 Å². The molecule has 20 heavy (non-hydrogen) atoms. The number of nitrogens with zero attached hydrogens (tertiary/aromatic N) is 2. The van der Waals surface area contributed by atoms with Crippen LogP contribution in [0.3, 0.4) is 0 Å². The van der Waals surface area contributed by atoms with Crippen LogP contribution in [0.15, 0.2) is 41.8 Å². The third-order valence-corrected chi connectivity index (χ3v) is 3.87. The second-order valence-electron chi connectivity index (χ2n) is 4.16. The number of rotatable bonds is 6. The Balaban J connectivity index is 1.86. The van der Waals surface area contributed by atoms with Crippen molar-refractivity contribution in [1.29, 1.82) is 0 Å². The standard InChI is InChI=1S/C12H16N4O3S/c1-16-8-12(14-9-16)20(17,18)15-6-7-19-11-5-3-2-4-10(11)13/h2-5,8-9,15H,6-7,13H2,1H3. The van der Waals surface area contributed by atoms with Crippen molar-refractivity contribution in [2.45, 2.75) is 5.03 Å². The van der Waals surface area contributed by atoms with Gasteiger partial charge in [-0.15, -0.1) is 0 Å². The number of benzene rings is 1. The molecular weight excluding hydrogens is 280 g/mol. The lowest BCUT2D eigenvalue weighted by Crippen LogP contribution is -2.28. The first-order chi connectivity index (χ1) is 9.49. The summed E-state index contributed by atoms with van der Waals surface area (Å²) in [5.41, 5.74) is 6.22. The van der Waals surface area contributed by atoms with E-state index in [4.69, 9.17) is 10.5 Å². The van der Waals surface area contributed by atoms with Crippen LogP contribution in [0.25, 0.3) is 0 Å². The van der Waals surface area contributed by atoms with Crippen LogP contribution in [-0.2, 0) is 17.1 Å². The molecule has 0 aliphatic heterocycles. The third kappa shape index (κ3) is 3.49. The molecule has 0 saturated heterocycles. The highest BCUT2D eigenvalue weighted by Gasteiger charge is 2.16. The normalized spacial score (nSPS) is 11.4. The fraction of sp³-hybridized carbons (Fsp3) is 0.250. The highest BCUT2D eigenvalue weighted by Crippen LogP contribution is 2.19. The molecule has 0 radical (unpaired) electrons. The molecule has 0 unspecified atom stereocenters. The van der Waals surface area contributed by atoms with Gasteiger partial charge in [-0.2, -0.15) is 0 Å². The number of hydrogen-bond donors (Lipinski definition) is 2. The Morgan fingerprint density at radius 3 is 2.80 bits per heavy atom. The van der Waals surface area contributed by atoms with Crippen molar-refractivity contribution in [3.63, 3.8) is 0 Å². The molecule has 108 valence electrons. The molecule has 2 aromatic rings. The van der Waals surface area contributed by atoms with Crippen LogP contribution in [0.2, 0.25) is 0 Å². The van der Waals surface area contributed by atoms with Crippen LogP contribution in [0.1, 0.15) is 0 Å². The van der Waals surface area contributed by atoms with Crippen molar-refractivity contribution in [1.82, 2.24) is 14.3 Å². The van der Waals surface area contributed by atoms with Gasteiger partial charge in [0.15, 0.2) is 5.03 Å². The minimum Gasteiger partial charge on any atom is -0.490 e. The topological polar surface area (TPSA) is 99.2 Å². The summed E-state index contributed by atoms with van der Waals surface area (Å²) in [4.78, 5) is 3.79. The quantitative estimate of drug-likeness (QED) is 0.592. The van der Waals surface area contributed by atoms with Crippen LogP contribution in [-0.4, -0.2) is 31.1 Å². The number of anilines is 1. The molecule has 2 rings (SSSR count). The molecule has 8 heteroatoms. The molecule has 1 aromatic heterocycles. The van der Waals surface area contributed by atoms with Gasteiger partial charge in [-0.05, 0) is 12.1 Å². The van der Waals surface area contributed by atoms with Gasteiger partial charge in [0.2, 0.25) is 0 Å². The number of nitrogens with one attached hydrogen (secondary N) is 1. The van der Waals surface area contributed by atoms with E-state index in [1.54, 1.807) is 35.9 Å². The Morgan fingerprint density at radius 1 is 1.40 bits per heavy atom. The Morgan fingerprint density at radius 2 is 2.15 bits per heavy atom. The SMILES string of the molecule is Cn1cnc(S(=O)(=O)NCCOc2ccccc2N)c1. The van der Waals surface area contributed by atoms with Crippen molar-refractivity contribution in [2.75, 3.05) is 18.9 Å². The summed E-state index contributed by atoms with van der Waals surface area (Å²) >= 11 is 0. The van der Waals surface area contributed by atoms with Crippen LogP contribution < -0.4 is 15.2 Å². The summed E-state index contributed by atoms with van der Waals surface area (Å²) in [6.07, 6.45) is 2.86. The highest BCUT2D eigenvalue weighted by molar-refractivity contribution is 7.89. The monoisotopic (exact) mass is 296 g/mol. The van der Waals surface area contributed by atoms with Crippen molar-refractivity contribution in [3.8, 4) is 5.75 Å². The largest absolute Gasteiger partial charge is 0.490 e. The fourth-order valence-corrected chi connectivity index (χ4v) is 2.54. The molecule has 0 saturated carbocycles. The predicted molar refractivity (Wildman–Crippen MR) is 74.7 cm³/mol. The molecule has 3 N–H and O–H groups in total. The summed E-state index contributed by atoms with van der Waals surface area (Å²) < 4.78 is 33.1. The number of aromatic nitrogens is 2. The first kappa shape index (κ1) is 14.4. The van der Waals surface area contributed by atoms with Gasteiger partial charge in [-0.3, -0.25) is 0 Å². The lowest BCUT2D eigenvalue weighted by atomic mass is 10.3. The predicted octanol–water partition coefficient (Wildman–Crippen LogP) is 0.360.